The highest BCUT2D eigenvalue weighted by molar-refractivity contribution is 9.10. The lowest BCUT2D eigenvalue weighted by molar-refractivity contribution is 0.0702. The van der Waals surface area contributed by atoms with E-state index in [1.165, 1.54) is 0 Å². The van der Waals surface area contributed by atoms with Gasteiger partial charge >= 0.3 is 0 Å². The van der Waals surface area contributed by atoms with E-state index in [9.17, 15) is 4.79 Å². The number of nitrogens with zero attached hydrogens (tertiary/aromatic N) is 3. The molecular formula is C16H19BrN4O. The molecule has 1 saturated heterocycles. The van der Waals surface area contributed by atoms with Crippen molar-refractivity contribution in [1.82, 2.24) is 20.0 Å². The number of hydrogen-bond donors (Lipinski definition) is 1. The zero-order chi connectivity index (χ0) is 15.7. The summed E-state index contributed by atoms with van der Waals surface area (Å²) in [5.74, 6) is 0.00677. The SMILES string of the molecule is Cc1cc(C(=O)N2CCN[C@@H](C)C2)nn1-c1ccc(Br)cc1. The highest BCUT2D eigenvalue weighted by Gasteiger charge is 2.24. The standard InChI is InChI=1S/C16H19BrN4O/c1-11-10-20(8-7-18-11)16(22)15-9-12(2)21(19-15)14-5-3-13(17)4-6-14/h3-6,9,11,18H,7-8,10H2,1-2H3/t11-/m0/s1. The summed E-state index contributed by atoms with van der Waals surface area (Å²) in [7, 11) is 0. The van der Waals surface area contributed by atoms with Crippen LogP contribution in [0.4, 0.5) is 0 Å². The number of benzene rings is 1. The van der Waals surface area contributed by atoms with Crippen molar-refractivity contribution in [3.8, 4) is 5.69 Å². The van der Waals surface area contributed by atoms with Crippen LogP contribution in [-0.2, 0) is 0 Å². The third-order valence-corrected chi connectivity index (χ3v) is 4.36. The second-order valence-corrected chi connectivity index (χ2v) is 6.58. The predicted octanol–water partition coefficient (Wildman–Crippen LogP) is 2.38. The molecule has 0 bridgehead atoms. The molecule has 1 N–H and O–H groups in total. The largest absolute Gasteiger partial charge is 0.334 e. The van der Waals surface area contributed by atoms with Gasteiger partial charge in [0.1, 0.15) is 0 Å². The van der Waals surface area contributed by atoms with Gasteiger partial charge in [-0.1, -0.05) is 15.9 Å². The molecular weight excluding hydrogens is 344 g/mol. The molecule has 6 heteroatoms. The molecule has 2 aromatic rings. The maximum atomic E-state index is 12.6. The van der Waals surface area contributed by atoms with E-state index in [-0.39, 0.29) is 5.91 Å². The Bertz CT molecular complexity index is 680. The van der Waals surface area contributed by atoms with Crippen molar-refractivity contribution in [3.05, 3.63) is 46.2 Å². The average Bonchev–Trinajstić information content (AvgIpc) is 2.89. The summed E-state index contributed by atoms with van der Waals surface area (Å²) in [5.41, 5.74) is 2.41. The maximum Gasteiger partial charge on any atom is 0.274 e. The fourth-order valence-electron chi connectivity index (χ4n) is 2.70. The van der Waals surface area contributed by atoms with Crippen molar-refractivity contribution in [2.75, 3.05) is 19.6 Å². The van der Waals surface area contributed by atoms with Gasteiger partial charge in [0.25, 0.3) is 5.91 Å². The highest BCUT2D eigenvalue weighted by Crippen LogP contribution is 2.17. The Morgan fingerprint density at radius 3 is 2.77 bits per heavy atom. The number of aromatic nitrogens is 2. The summed E-state index contributed by atoms with van der Waals surface area (Å²) < 4.78 is 2.83. The normalized spacial score (nSPS) is 18.5. The van der Waals surface area contributed by atoms with Gasteiger partial charge in [-0.3, -0.25) is 4.79 Å². The Morgan fingerprint density at radius 1 is 1.36 bits per heavy atom. The van der Waals surface area contributed by atoms with E-state index in [2.05, 4.69) is 33.3 Å². The molecule has 1 atom stereocenters. The molecule has 116 valence electrons. The summed E-state index contributed by atoms with van der Waals surface area (Å²) in [6.07, 6.45) is 0. The Balaban J connectivity index is 1.85. The topological polar surface area (TPSA) is 50.2 Å². The van der Waals surface area contributed by atoms with Gasteiger partial charge in [-0.05, 0) is 44.2 Å². The minimum atomic E-state index is 0.00677. The number of halogens is 1. The van der Waals surface area contributed by atoms with Crippen molar-refractivity contribution in [2.24, 2.45) is 0 Å². The van der Waals surface area contributed by atoms with Crippen LogP contribution in [0.1, 0.15) is 23.1 Å². The Labute approximate surface area is 138 Å². The molecule has 1 amide bonds. The van der Waals surface area contributed by atoms with Crippen LogP contribution in [0.15, 0.2) is 34.8 Å². The number of nitrogens with one attached hydrogen (secondary N) is 1. The summed E-state index contributed by atoms with van der Waals surface area (Å²) in [4.78, 5) is 14.5. The molecule has 22 heavy (non-hydrogen) atoms. The quantitative estimate of drug-likeness (QED) is 0.892. The van der Waals surface area contributed by atoms with Crippen molar-refractivity contribution < 1.29 is 4.79 Å². The van der Waals surface area contributed by atoms with Crippen LogP contribution in [0, 0.1) is 6.92 Å². The van der Waals surface area contributed by atoms with Crippen LogP contribution in [0.5, 0.6) is 0 Å². The molecule has 0 radical (unpaired) electrons. The number of piperazine rings is 1. The second kappa shape index (κ2) is 6.22. The zero-order valence-corrected chi connectivity index (χ0v) is 14.3. The molecule has 1 aromatic heterocycles. The molecule has 1 fully saturated rings. The van der Waals surface area contributed by atoms with Gasteiger partial charge in [0.05, 0.1) is 5.69 Å². The highest BCUT2D eigenvalue weighted by atomic mass is 79.9. The number of hydrogen-bond acceptors (Lipinski definition) is 3. The Hall–Kier alpha value is -1.66. The van der Waals surface area contributed by atoms with Gasteiger partial charge in [0.15, 0.2) is 5.69 Å². The number of carbonyl (C=O) groups is 1. The molecule has 0 saturated carbocycles. The minimum Gasteiger partial charge on any atom is -0.334 e. The summed E-state index contributed by atoms with van der Waals surface area (Å²) in [6.45, 7) is 6.34. The van der Waals surface area contributed by atoms with Crippen LogP contribution in [-0.4, -0.2) is 46.3 Å². The molecule has 3 rings (SSSR count). The van der Waals surface area contributed by atoms with Crippen LogP contribution >= 0.6 is 15.9 Å². The van der Waals surface area contributed by atoms with Gasteiger partial charge in [-0.15, -0.1) is 0 Å². The van der Waals surface area contributed by atoms with Crippen molar-refractivity contribution in [2.45, 2.75) is 19.9 Å². The second-order valence-electron chi connectivity index (χ2n) is 5.67. The first-order valence-corrected chi connectivity index (χ1v) is 8.19. The lowest BCUT2D eigenvalue weighted by Crippen LogP contribution is -2.51. The third kappa shape index (κ3) is 3.08. The molecule has 5 nitrogen and oxygen atoms in total. The molecule has 2 heterocycles. The number of amides is 1. The minimum absolute atomic E-state index is 0.00677. The lowest BCUT2D eigenvalue weighted by atomic mass is 10.2. The molecule has 0 aliphatic carbocycles. The maximum absolute atomic E-state index is 12.6. The first kappa shape index (κ1) is 15.2. The smallest absolute Gasteiger partial charge is 0.274 e. The molecule has 0 unspecified atom stereocenters. The molecule has 1 aromatic carbocycles. The van der Waals surface area contributed by atoms with E-state index in [1.54, 1.807) is 0 Å². The number of carbonyl (C=O) groups excluding carboxylic acids is 1. The number of aryl methyl sites for hydroxylation is 1. The fraction of sp³-hybridized carbons (Fsp3) is 0.375. The van der Waals surface area contributed by atoms with E-state index in [0.29, 0.717) is 11.7 Å². The summed E-state index contributed by atoms with van der Waals surface area (Å²) in [6, 6.07) is 10.1. The van der Waals surface area contributed by atoms with Gasteiger partial charge in [-0.25, -0.2) is 4.68 Å². The van der Waals surface area contributed by atoms with E-state index in [1.807, 2.05) is 46.8 Å². The zero-order valence-electron chi connectivity index (χ0n) is 12.7. The van der Waals surface area contributed by atoms with Crippen LogP contribution in [0.25, 0.3) is 5.69 Å². The van der Waals surface area contributed by atoms with Crippen molar-refractivity contribution in [3.63, 3.8) is 0 Å². The van der Waals surface area contributed by atoms with E-state index in [0.717, 1.165) is 35.5 Å². The monoisotopic (exact) mass is 362 g/mol. The van der Waals surface area contributed by atoms with E-state index >= 15 is 0 Å². The lowest BCUT2D eigenvalue weighted by Gasteiger charge is -2.31. The van der Waals surface area contributed by atoms with Gasteiger partial charge in [-0.2, -0.15) is 5.10 Å². The van der Waals surface area contributed by atoms with E-state index in [4.69, 9.17) is 0 Å². The Morgan fingerprint density at radius 2 is 2.09 bits per heavy atom. The number of rotatable bonds is 2. The van der Waals surface area contributed by atoms with E-state index < -0.39 is 0 Å². The average molecular weight is 363 g/mol. The van der Waals surface area contributed by atoms with Gasteiger partial charge in [0.2, 0.25) is 0 Å². The Kier molecular flexibility index (Phi) is 4.31. The van der Waals surface area contributed by atoms with Gasteiger partial charge < -0.3 is 10.2 Å². The van der Waals surface area contributed by atoms with Gasteiger partial charge in [0, 0.05) is 35.8 Å². The fourth-order valence-corrected chi connectivity index (χ4v) is 2.97. The summed E-state index contributed by atoms with van der Waals surface area (Å²) in [5, 5.41) is 7.84. The van der Waals surface area contributed by atoms with Crippen molar-refractivity contribution in [1.29, 1.82) is 0 Å². The molecule has 1 aliphatic rings. The van der Waals surface area contributed by atoms with Crippen LogP contribution < -0.4 is 5.32 Å². The first-order valence-electron chi connectivity index (χ1n) is 7.40. The molecule has 1 aliphatic heterocycles. The first-order chi connectivity index (χ1) is 10.5. The van der Waals surface area contributed by atoms with Crippen LogP contribution in [0.3, 0.4) is 0 Å². The van der Waals surface area contributed by atoms with Crippen LogP contribution in [0.2, 0.25) is 0 Å². The summed E-state index contributed by atoms with van der Waals surface area (Å²) >= 11 is 3.43. The predicted molar refractivity (Wildman–Crippen MR) is 89.4 cm³/mol. The third-order valence-electron chi connectivity index (χ3n) is 3.83. The van der Waals surface area contributed by atoms with Crippen molar-refractivity contribution >= 4 is 21.8 Å². The molecule has 0 spiro atoms.